The Kier molecular flexibility index (Phi) is 3.43. The average Bonchev–Trinajstić information content (AvgIpc) is 2.14. The quantitative estimate of drug-likeness (QED) is 0.769. The molecule has 2 aliphatic rings. The van der Waals surface area contributed by atoms with Gasteiger partial charge in [0.1, 0.15) is 0 Å². The molecule has 17 heavy (non-hydrogen) atoms. The monoisotopic (exact) mass is 254 g/mol. The molecule has 96 valence electrons. The lowest BCUT2D eigenvalue weighted by molar-refractivity contribution is -0.148. The molecule has 0 aromatic carbocycles. The zero-order valence-electron chi connectivity index (χ0n) is 10.7. The molecule has 0 aromatic heterocycles. The second-order valence-electron chi connectivity index (χ2n) is 5.64. The number of likely N-dealkylation sites (tertiary alicyclic amines) is 1. The Morgan fingerprint density at radius 1 is 1.24 bits per heavy atom. The van der Waals surface area contributed by atoms with Gasteiger partial charge in [-0.3, -0.25) is 4.79 Å². The largest absolute Gasteiger partial charge is 0.392 e. The smallest absolute Gasteiger partial charge is 0.236 e. The summed E-state index contributed by atoms with van der Waals surface area (Å²) < 4.78 is 0. The summed E-state index contributed by atoms with van der Waals surface area (Å²) in [7, 11) is 0. The molecule has 2 rings (SSSR count). The van der Waals surface area contributed by atoms with Gasteiger partial charge in [-0.1, -0.05) is 18.6 Å². The molecular weight excluding hydrogens is 232 g/mol. The van der Waals surface area contributed by atoms with Crippen LogP contribution >= 0.6 is 12.2 Å². The van der Waals surface area contributed by atoms with Gasteiger partial charge in [0, 0.05) is 12.1 Å². The summed E-state index contributed by atoms with van der Waals surface area (Å²) in [6.07, 6.45) is 6.17. The summed E-state index contributed by atoms with van der Waals surface area (Å²) in [6.45, 7) is 4.28. The maximum Gasteiger partial charge on any atom is 0.236 e. The van der Waals surface area contributed by atoms with E-state index in [9.17, 15) is 4.79 Å². The molecule has 1 aliphatic heterocycles. The number of nitrogens with two attached hydrogens (primary N) is 1. The standard InChI is InChI=1S/C13H22N2OS/c1-9-5-3-6-10(2)15(9)12(16)13(11(14)17)7-4-8-13/h9-10H,3-8H2,1-2H3,(H2,14,17). The molecule has 0 bridgehead atoms. The fourth-order valence-electron chi connectivity index (χ4n) is 3.16. The SMILES string of the molecule is CC1CCCC(C)N1C(=O)C1(C(N)=S)CCC1. The van der Waals surface area contributed by atoms with Gasteiger partial charge in [-0.15, -0.1) is 0 Å². The van der Waals surface area contributed by atoms with Crippen molar-refractivity contribution < 1.29 is 4.79 Å². The maximum absolute atomic E-state index is 12.7. The second-order valence-corrected chi connectivity index (χ2v) is 6.08. The van der Waals surface area contributed by atoms with Crippen molar-refractivity contribution in [1.29, 1.82) is 0 Å². The van der Waals surface area contributed by atoms with Crippen molar-refractivity contribution in [3.8, 4) is 0 Å². The third-order valence-corrected chi connectivity index (χ3v) is 4.91. The molecule has 0 radical (unpaired) electrons. The highest BCUT2D eigenvalue weighted by atomic mass is 32.1. The number of rotatable bonds is 2. The van der Waals surface area contributed by atoms with E-state index < -0.39 is 5.41 Å². The molecule has 2 N–H and O–H groups in total. The second kappa shape index (κ2) is 4.56. The Morgan fingerprint density at radius 3 is 2.12 bits per heavy atom. The van der Waals surface area contributed by atoms with Crippen molar-refractivity contribution >= 4 is 23.1 Å². The Morgan fingerprint density at radius 2 is 1.76 bits per heavy atom. The van der Waals surface area contributed by atoms with Crippen LogP contribution in [0.1, 0.15) is 52.4 Å². The van der Waals surface area contributed by atoms with Gasteiger partial charge in [-0.05, 0) is 46.0 Å². The van der Waals surface area contributed by atoms with Crippen molar-refractivity contribution in [1.82, 2.24) is 4.90 Å². The Balaban J connectivity index is 2.20. The number of carbonyl (C=O) groups excluding carboxylic acids is 1. The van der Waals surface area contributed by atoms with Crippen LogP contribution in [-0.2, 0) is 4.79 Å². The fourth-order valence-corrected chi connectivity index (χ4v) is 3.46. The van der Waals surface area contributed by atoms with Crippen LogP contribution in [0.4, 0.5) is 0 Å². The van der Waals surface area contributed by atoms with E-state index in [1.807, 2.05) is 4.90 Å². The molecule has 1 saturated carbocycles. The first kappa shape index (κ1) is 12.8. The van der Waals surface area contributed by atoms with Gasteiger partial charge in [0.25, 0.3) is 0 Å². The van der Waals surface area contributed by atoms with Crippen LogP contribution in [0.3, 0.4) is 0 Å². The first-order valence-corrected chi connectivity index (χ1v) is 7.02. The number of piperidine rings is 1. The van der Waals surface area contributed by atoms with E-state index in [0.717, 1.165) is 32.1 Å². The molecule has 1 amide bonds. The number of amides is 1. The number of hydrogen-bond donors (Lipinski definition) is 1. The van der Waals surface area contributed by atoms with E-state index in [4.69, 9.17) is 18.0 Å². The van der Waals surface area contributed by atoms with Crippen LogP contribution in [0.25, 0.3) is 0 Å². The van der Waals surface area contributed by atoms with Gasteiger partial charge in [-0.25, -0.2) is 0 Å². The highest BCUT2D eigenvalue weighted by molar-refractivity contribution is 7.80. The van der Waals surface area contributed by atoms with Gasteiger partial charge in [0.2, 0.25) is 5.91 Å². The normalized spacial score (nSPS) is 31.8. The summed E-state index contributed by atoms with van der Waals surface area (Å²) in [5.74, 6) is 0.191. The summed E-state index contributed by atoms with van der Waals surface area (Å²) in [5.41, 5.74) is 5.31. The average molecular weight is 254 g/mol. The summed E-state index contributed by atoms with van der Waals surface area (Å²) in [4.78, 5) is 15.2. The zero-order chi connectivity index (χ0) is 12.6. The summed E-state index contributed by atoms with van der Waals surface area (Å²) in [5, 5.41) is 0. The van der Waals surface area contributed by atoms with E-state index in [2.05, 4.69) is 13.8 Å². The maximum atomic E-state index is 12.7. The van der Waals surface area contributed by atoms with Crippen molar-refractivity contribution in [2.45, 2.75) is 64.5 Å². The highest BCUT2D eigenvalue weighted by Gasteiger charge is 2.50. The van der Waals surface area contributed by atoms with Crippen LogP contribution in [0, 0.1) is 5.41 Å². The van der Waals surface area contributed by atoms with Gasteiger partial charge in [0.05, 0.1) is 10.4 Å². The van der Waals surface area contributed by atoms with E-state index in [1.54, 1.807) is 0 Å². The Hall–Kier alpha value is -0.640. The van der Waals surface area contributed by atoms with Gasteiger partial charge in [0.15, 0.2) is 0 Å². The fraction of sp³-hybridized carbons (Fsp3) is 0.846. The third-order valence-electron chi connectivity index (χ3n) is 4.52. The van der Waals surface area contributed by atoms with E-state index in [0.29, 0.717) is 17.1 Å². The lowest BCUT2D eigenvalue weighted by Gasteiger charge is -2.48. The molecule has 0 aromatic rings. The van der Waals surface area contributed by atoms with Crippen molar-refractivity contribution in [2.24, 2.45) is 11.1 Å². The van der Waals surface area contributed by atoms with Gasteiger partial charge < -0.3 is 10.6 Å². The first-order chi connectivity index (χ1) is 7.99. The van der Waals surface area contributed by atoms with E-state index in [1.165, 1.54) is 6.42 Å². The number of nitrogens with zero attached hydrogens (tertiary/aromatic N) is 1. The van der Waals surface area contributed by atoms with Crippen LogP contribution < -0.4 is 5.73 Å². The minimum atomic E-state index is -0.505. The topological polar surface area (TPSA) is 46.3 Å². The van der Waals surface area contributed by atoms with E-state index in [-0.39, 0.29) is 5.91 Å². The minimum Gasteiger partial charge on any atom is -0.392 e. The van der Waals surface area contributed by atoms with Gasteiger partial charge in [-0.2, -0.15) is 0 Å². The number of hydrogen-bond acceptors (Lipinski definition) is 2. The molecule has 1 saturated heterocycles. The summed E-state index contributed by atoms with van der Waals surface area (Å²) >= 11 is 5.13. The first-order valence-electron chi connectivity index (χ1n) is 6.62. The minimum absolute atomic E-state index is 0.191. The summed E-state index contributed by atoms with van der Waals surface area (Å²) in [6, 6.07) is 0.663. The van der Waals surface area contributed by atoms with Crippen LogP contribution in [0.15, 0.2) is 0 Å². The van der Waals surface area contributed by atoms with Crippen molar-refractivity contribution in [2.75, 3.05) is 0 Å². The molecule has 1 heterocycles. The Labute approximate surface area is 109 Å². The molecule has 1 aliphatic carbocycles. The van der Waals surface area contributed by atoms with Crippen LogP contribution in [0.5, 0.6) is 0 Å². The molecule has 2 atom stereocenters. The van der Waals surface area contributed by atoms with E-state index >= 15 is 0 Å². The molecule has 0 spiro atoms. The number of thiocarbonyl (C=S) groups is 1. The van der Waals surface area contributed by atoms with Crippen molar-refractivity contribution in [3.05, 3.63) is 0 Å². The molecule has 3 nitrogen and oxygen atoms in total. The van der Waals surface area contributed by atoms with Gasteiger partial charge >= 0.3 is 0 Å². The predicted molar refractivity (Wildman–Crippen MR) is 72.7 cm³/mol. The molecule has 2 unspecified atom stereocenters. The molecule has 2 fully saturated rings. The molecular formula is C13H22N2OS. The predicted octanol–water partition coefficient (Wildman–Crippen LogP) is 2.23. The number of carbonyl (C=O) groups is 1. The Bertz CT molecular complexity index is 328. The third kappa shape index (κ3) is 1.96. The van der Waals surface area contributed by atoms with Crippen LogP contribution in [0.2, 0.25) is 0 Å². The molecule has 4 heteroatoms. The lowest BCUT2D eigenvalue weighted by Crippen LogP contribution is -2.59. The zero-order valence-corrected chi connectivity index (χ0v) is 11.6. The lowest BCUT2D eigenvalue weighted by atomic mass is 9.67. The van der Waals surface area contributed by atoms with Crippen LogP contribution in [-0.4, -0.2) is 27.9 Å². The highest BCUT2D eigenvalue weighted by Crippen LogP contribution is 2.44. The van der Waals surface area contributed by atoms with Crippen molar-refractivity contribution in [3.63, 3.8) is 0 Å².